The number of hydrogen-bond donors (Lipinski definition) is 1. The Morgan fingerprint density at radius 3 is 2.71 bits per heavy atom. The van der Waals surface area contributed by atoms with Gasteiger partial charge in [0.2, 0.25) is 0 Å². The summed E-state index contributed by atoms with van der Waals surface area (Å²) in [4.78, 5) is 4.66. The van der Waals surface area contributed by atoms with E-state index in [0.717, 1.165) is 38.9 Å². The average Bonchev–Trinajstić information content (AvgIpc) is 3.49. The summed E-state index contributed by atoms with van der Waals surface area (Å²) in [6.45, 7) is 2.58. The molecule has 0 fully saturated rings. The Morgan fingerprint density at radius 1 is 1.12 bits per heavy atom. The zero-order valence-corrected chi connectivity index (χ0v) is 19.5. The molecule has 6 nitrogen and oxygen atoms in total. The summed E-state index contributed by atoms with van der Waals surface area (Å²) >= 11 is 1.42. The maximum absolute atomic E-state index is 9.77. The van der Waals surface area contributed by atoms with Crippen molar-refractivity contribution in [3.05, 3.63) is 77.3 Å². The second kappa shape index (κ2) is 9.30. The predicted octanol–water partition coefficient (Wildman–Crippen LogP) is 7.09. The highest BCUT2D eigenvalue weighted by atomic mass is 32.1. The molecule has 0 aliphatic carbocycles. The molecule has 0 aliphatic rings. The fourth-order valence-corrected chi connectivity index (χ4v) is 4.54. The van der Waals surface area contributed by atoms with E-state index in [1.165, 1.54) is 11.3 Å². The smallest absolute Gasteiger partial charge is 0.143 e. The van der Waals surface area contributed by atoms with E-state index in [1.54, 1.807) is 13.3 Å². The first-order valence-corrected chi connectivity index (χ1v) is 11.6. The molecule has 0 amide bonds. The largest absolute Gasteiger partial charge is 0.495 e. The van der Waals surface area contributed by atoms with E-state index < -0.39 is 0 Å². The minimum atomic E-state index is 0.425. The van der Waals surface area contributed by atoms with E-state index in [9.17, 15) is 5.26 Å². The quantitative estimate of drug-likeness (QED) is 0.257. The summed E-state index contributed by atoms with van der Waals surface area (Å²) in [5.74, 6) is 1.47. The van der Waals surface area contributed by atoms with Crippen LogP contribution in [0.5, 0.6) is 11.5 Å². The fraction of sp³-hybridized carbons (Fsp3) is 0.111. The minimum Gasteiger partial charge on any atom is -0.495 e. The van der Waals surface area contributed by atoms with Gasteiger partial charge in [-0.2, -0.15) is 5.26 Å². The molecule has 0 spiro atoms. The standard InChI is InChI=1S/C27H21N3O3S/c1-3-32-19-10-8-17(9-11-19)23-16-34-27(30-23)18(14-28)15-29-22-13-25-21(12-26(22)31-2)20-6-4-5-7-24(20)33-25/h4-13,15-16,29H,3H2,1-2H3. The zero-order chi connectivity index (χ0) is 23.5. The van der Waals surface area contributed by atoms with Crippen LogP contribution in [0.4, 0.5) is 5.69 Å². The summed E-state index contributed by atoms with van der Waals surface area (Å²) in [6.07, 6.45) is 1.65. The summed E-state index contributed by atoms with van der Waals surface area (Å²) in [7, 11) is 1.62. The monoisotopic (exact) mass is 467 g/mol. The molecule has 34 heavy (non-hydrogen) atoms. The third kappa shape index (κ3) is 4.07. The lowest BCUT2D eigenvalue weighted by Crippen LogP contribution is -1.95. The van der Waals surface area contributed by atoms with Crippen molar-refractivity contribution in [1.29, 1.82) is 5.26 Å². The Labute approximate surface area is 200 Å². The third-order valence-electron chi connectivity index (χ3n) is 5.39. The van der Waals surface area contributed by atoms with Gasteiger partial charge in [-0.25, -0.2) is 4.98 Å². The molecule has 7 heteroatoms. The third-order valence-corrected chi connectivity index (χ3v) is 6.26. The number of nitrogens with one attached hydrogen (secondary N) is 1. The number of anilines is 1. The molecule has 5 rings (SSSR count). The number of aromatic nitrogens is 1. The van der Waals surface area contributed by atoms with Crippen molar-refractivity contribution in [3.63, 3.8) is 0 Å². The number of nitrogens with zero attached hydrogens (tertiary/aromatic N) is 2. The summed E-state index contributed by atoms with van der Waals surface area (Å²) < 4.78 is 17.1. The van der Waals surface area contributed by atoms with Gasteiger partial charge in [-0.3, -0.25) is 0 Å². The van der Waals surface area contributed by atoms with Gasteiger partial charge in [-0.15, -0.1) is 11.3 Å². The molecule has 1 N–H and O–H groups in total. The van der Waals surface area contributed by atoms with Crippen molar-refractivity contribution in [2.24, 2.45) is 0 Å². The molecule has 0 saturated heterocycles. The Kier molecular flexibility index (Phi) is 5.90. The highest BCUT2D eigenvalue weighted by molar-refractivity contribution is 7.11. The number of benzene rings is 3. The molecule has 168 valence electrons. The maximum atomic E-state index is 9.77. The number of fused-ring (bicyclic) bond motifs is 3. The van der Waals surface area contributed by atoms with Crippen LogP contribution < -0.4 is 14.8 Å². The van der Waals surface area contributed by atoms with Crippen LogP contribution in [-0.2, 0) is 0 Å². The maximum Gasteiger partial charge on any atom is 0.143 e. The molecule has 2 aromatic heterocycles. The van der Waals surface area contributed by atoms with Crippen molar-refractivity contribution >= 4 is 44.5 Å². The van der Waals surface area contributed by atoms with Crippen LogP contribution in [0.25, 0.3) is 38.8 Å². The van der Waals surface area contributed by atoms with Gasteiger partial charge in [-0.05, 0) is 43.3 Å². The van der Waals surface area contributed by atoms with E-state index >= 15 is 0 Å². The van der Waals surface area contributed by atoms with E-state index in [-0.39, 0.29) is 0 Å². The van der Waals surface area contributed by atoms with Crippen molar-refractivity contribution in [3.8, 4) is 28.8 Å². The summed E-state index contributed by atoms with van der Waals surface area (Å²) in [5.41, 5.74) is 4.45. The van der Waals surface area contributed by atoms with Gasteiger partial charge in [0.25, 0.3) is 0 Å². The van der Waals surface area contributed by atoms with Crippen molar-refractivity contribution in [2.75, 3.05) is 19.0 Å². The van der Waals surface area contributed by atoms with Gasteiger partial charge in [0.05, 0.1) is 25.1 Å². The van der Waals surface area contributed by atoms with Gasteiger partial charge in [-0.1, -0.05) is 18.2 Å². The molecule has 0 bridgehead atoms. The van der Waals surface area contributed by atoms with E-state index in [2.05, 4.69) is 16.4 Å². The first-order valence-electron chi connectivity index (χ1n) is 10.8. The lowest BCUT2D eigenvalue weighted by Gasteiger charge is -2.08. The molecule has 0 radical (unpaired) electrons. The Hall–Kier alpha value is -4.28. The first kappa shape index (κ1) is 21.6. The van der Waals surface area contributed by atoms with Crippen LogP contribution in [0.3, 0.4) is 0 Å². The second-order valence-corrected chi connectivity index (χ2v) is 8.31. The Bertz CT molecular complexity index is 1540. The number of nitriles is 1. The molecule has 3 aromatic carbocycles. The SMILES string of the molecule is CCOc1ccc(-c2csc(C(C#N)=CNc3cc4oc5ccccc5c4cc3OC)n2)cc1. The second-order valence-electron chi connectivity index (χ2n) is 7.46. The number of furan rings is 1. The Morgan fingerprint density at radius 2 is 1.94 bits per heavy atom. The zero-order valence-electron chi connectivity index (χ0n) is 18.7. The number of ether oxygens (including phenoxy) is 2. The highest BCUT2D eigenvalue weighted by Crippen LogP contribution is 2.36. The van der Waals surface area contributed by atoms with Crippen LogP contribution in [0.2, 0.25) is 0 Å². The van der Waals surface area contributed by atoms with Crippen LogP contribution in [-0.4, -0.2) is 18.7 Å². The normalized spacial score (nSPS) is 11.5. The molecule has 0 aliphatic heterocycles. The lowest BCUT2D eigenvalue weighted by molar-refractivity contribution is 0.340. The molecule has 2 heterocycles. The van der Waals surface area contributed by atoms with Crippen molar-refractivity contribution in [1.82, 2.24) is 4.98 Å². The first-order chi connectivity index (χ1) is 16.7. The van der Waals surface area contributed by atoms with E-state index in [1.807, 2.05) is 73.0 Å². The van der Waals surface area contributed by atoms with Crippen LogP contribution in [0.15, 0.2) is 76.7 Å². The van der Waals surface area contributed by atoms with Gasteiger partial charge >= 0.3 is 0 Å². The number of hydrogen-bond acceptors (Lipinski definition) is 7. The highest BCUT2D eigenvalue weighted by Gasteiger charge is 2.13. The molecule has 0 unspecified atom stereocenters. The van der Waals surface area contributed by atoms with Gasteiger partial charge < -0.3 is 19.2 Å². The Balaban J connectivity index is 1.43. The van der Waals surface area contributed by atoms with E-state index in [4.69, 9.17) is 13.9 Å². The topological polar surface area (TPSA) is 80.3 Å². The minimum absolute atomic E-state index is 0.425. The number of methoxy groups -OCH3 is 1. The van der Waals surface area contributed by atoms with Gasteiger partial charge in [0.1, 0.15) is 39.3 Å². The lowest BCUT2D eigenvalue weighted by atomic mass is 10.1. The average molecular weight is 468 g/mol. The van der Waals surface area contributed by atoms with Crippen molar-refractivity contribution in [2.45, 2.75) is 6.92 Å². The van der Waals surface area contributed by atoms with Gasteiger partial charge in [0, 0.05) is 34.0 Å². The van der Waals surface area contributed by atoms with E-state index in [0.29, 0.717) is 28.6 Å². The number of rotatable bonds is 7. The fourth-order valence-electron chi connectivity index (χ4n) is 3.74. The van der Waals surface area contributed by atoms with Crippen molar-refractivity contribution < 1.29 is 13.9 Å². The summed E-state index contributed by atoms with van der Waals surface area (Å²) in [6, 6.07) is 21.7. The number of allylic oxidation sites excluding steroid dienone is 1. The molecular weight excluding hydrogens is 446 g/mol. The van der Waals surface area contributed by atoms with Crippen LogP contribution in [0.1, 0.15) is 11.9 Å². The van der Waals surface area contributed by atoms with Crippen LogP contribution in [0, 0.1) is 11.3 Å². The van der Waals surface area contributed by atoms with Crippen LogP contribution >= 0.6 is 11.3 Å². The molecule has 0 saturated carbocycles. The molecule has 0 atom stereocenters. The summed E-state index contributed by atoms with van der Waals surface area (Å²) in [5, 5.41) is 17.5. The number of thiazole rings is 1. The molecule has 5 aromatic rings. The predicted molar refractivity (Wildman–Crippen MR) is 136 cm³/mol. The number of para-hydroxylation sites is 1. The van der Waals surface area contributed by atoms with Gasteiger partial charge in [0.15, 0.2) is 0 Å². The molecular formula is C27H21N3O3S.